The number of hydrogen-bond acceptors (Lipinski definition) is 4. The highest BCUT2D eigenvalue weighted by Crippen LogP contribution is 2.28. The molecule has 1 aliphatic carbocycles. The fourth-order valence-electron chi connectivity index (χ4n) is 4.17. The minimum Gasteiger partial charge on any atom is -0.347 e. The first-order valence-corrected chi connectivity index (χ1v) is 12.5. The van der Waals surface area contributed by atoms with Crippen LogP contribution in [0.5, 0.6) is 0 Å². The molecule has 3 aromatic rings. The van der Waals surface area contributed by atoms with Crippen LogP contribution in [0.15, 0.2) is 53.4 Å². The van der Waals surface area contributed by atoms with Crippen molar-refractivity contribution in [2.45, 2.75) is 44.6 Å². The Morgan fingerprint density at radius 3 is 2.36 bits per heavy atom. The smallest absolute Gasteiger partial charge is 0.272 e. The maximum atomic E-state index is 13.3. The molecular weight excluding hydrogens is 443 g/mol. The Kier molecular flexibility index (Phi) is 6.62. The summed E-state index contributed by atoms with van der Waals surface area (Å²) in [6.45, 7) is 4.68. The molecule has 0 bridgehead atoms. The van der Waals surface area contributed by atoms with Crippen LogP contribution in [0.25, 0.3) is 5.69 Å². The van der Waals surface area contributed by atoms with E-state index in [0.717, 1.165) is 41.8 Å². The predicted molar refractivity (Wildman–Crippen MR) is 123 cm³/mol. The van der Waals surface area contributed by atoms with Gasteiger partial charge in [0.15, 0.2) is 5.69 Å². The van der Waals surface area contributed by atoms with Gasteiger partial charge in [0.05, 0.1) is 10.6 Å². The molecule has 1 aliphatic rings. The van der Waals surface area contributed by atoms with Crippen molar-refractivity contribution >= 4 is 15.9 Å². The van der Waals surface area contributed by atoms with Gasteiger partial charge in [-0.15, -0.1) is 0 Å². The van der Waals surface area contributed by atoms with Gasteiger partial charge >= 0.3 is 0 Å². The predicted octanol–water partition coefficient (Wildman–Crippen LogP) is 3.46. The number of nitrogens with one attached hydrogen (secondary N) is 1. The van der Waals surface area contributed by atoms with E-state index in [9.17, 15) is 17.6 Å². The van der Waals surface area contributed by atoms with E-state index in [4.69, 9.17) is 0 Å². The first-order valence-electron chi connectivity index (χ1n) is 11.1. The molecule has 0 unspecified atom stereocenters. The largest absolute Gasteiger partial charge is 0.347 e. The van der Waals surface area contributed by atoms with E-state index in [1.54, 1.807) is 54.9 Å². The summed E-state index contributed by atoms with van der Waals surface area (Å²) < 4.78 is 41.7. The van der Waals surface area contributed by atoms with Crippen molar-refractivity contribution < 1.29 is 17.6 Å². The van der Waals surface area contributed by atoms with Crippen LogP contribution in [0.2, 0.25) is 0 Å². The van der Waals surface area contributed by atoms with Crippen molar-refractivity contribution in [2.75, 3.05) is 13.1 Å². The number of rotatable bonds is 8. The van der Waals surface area contributed by atoms with E-state index in [1.165, 1.54) is 16.4 Å². The van der Waals surface area contributed by atoms with Crippen LogP contribution < -0.4 is 5.32 Å². The van der Waals surface area contributed by atoms with E-state index < -0.39 is 10.0 Å². The summed E-state index contributed by atoms with van der Waals surface area (Å²) in [4.78, 5) is 13.2. The number of carbonyl (C=O) groups excluding carboxylic acids is 1. The monoisotopic (exact) mass is 470 g/mol. The third kappa shape index (κ3) is 4.56. The summed E-state index contributed by atoms with van der Waals surface area (Å²) in [6.07, 6.45) is 2.53. The lowest BCUT2D eigenvalue weighted by molar-refractivity contribution is 0.0944. The molecule has 4 rings (SSSR count). The van der Waals surface area contributed by atoms with Crippen molar-refractivity contribution in [3.63, 3.8) is 0 Å². The number of hydrogen-bond donors (Lipinski definition) is 1. The summed E-state index contributed by atoms with van der Waals surface area (Å²) in [5, 5.41) is 7.41. The maximum Gasteiger partial charge on any atom is 0.272 e. The minimum atomic E-state index is -3.52. The molecule has 174 valence electrons. The molecule has 0 spiro atoms. The Morgan fingerprint density at radius 2 is 1.73 bits per heavy atom. The van der Waals surface area contributed by atoms with Gasteiger partial charge in [-0.1, -0.05) is 26.0 Å². The van der Waals surface area contributed by atoms with Gasteiger partial charge in [-0.3, -0.25) is 4.79 Å². The Labute approximate surface area is 193 Å². The highest BCUT2D eigenvalue weighted by atomic mass is 32.2. The fourth-order valence-corrected chi connectivity index (χ4v) is 5.63. The zero-order valence-electron chi connectivity index (χ0n) is 18.7. The molecule has 0 saturated carbocycles. The molecule has 0 radical (unpaired) electrons. The first kappa shape index (κ1) is 23.1. The summed E-state index contributed by atoms with van der Waals surface area (Å²) in [7, 11) is -3.52. The minimum absolute atomic E-state index is 0.233. The molecule has 2 aromatic carbocycles. The van der Waals surface area contributed by atoms with Gasteiger partial charge in [-0.05, 0) is 61.2 Å². The third-order valence-corrected chi connectivity index (χ3v) is 8.00. The van der Waals surface area contributed by atoms with Crippen LogP contribution >= 0.6 is 0 Å². The Balaban J connectivity index is 1.49. The molecule has 0 saturated heterocycles. The van der Waals surface area contributed by atoms with E-state index in [0.29, 0.717) is 18.8 Å². The zero-order chi connectivity index (χ0) is 23.6. The molecule has 1 heterocycles. The lowest BCUT2D eigenvalue weighted by Crippen LogP contribution is -2.30. The average molecular weight is 471 g/mol. The number of fused-ring (bicyclic) bond motifs is 1. The summed E-state index contributed by atoms with van der Waals surface area (Å²) in [6, 6.07) is 12.6. The first-order chi connectivity index (χ1) is 15.8. The van der Waals surface area contributed by atoms with E-state index >= 15 is 0 Å². The van der Waals surface area contributed by atoms with Gasteiger partial charge < -0.3 is 5.32 Å². The number of aromatic nitrogens is 2. The molecule has 9 heteroatoms. The molecule has 0 atom stereocenters. The molecule has 1 N–H and O–H groups in total. The summed E-state index contributed by atoms with van der Waals surface area (Å²) in [5.41, 5.74) is 3.80. The lowest BCUT2D eigenvalue weighted by atomic mass is 10.2. The van der Waals surface area contributed by atoms with Gasteiger partial charge in [0.25, 0.3) is 5.91 Å². The summed E-state index contributed by atoms with van der Waals surface area (Å²) >= 11 is 0. The molecule has 1 amide bonds. The molecule has 33 heavy (non-hydrogen) atoms. The van der Waals surface area contributed by atoms with Gasteiger partial charge in [-0.25, -0.2) is 17.5 Å². The van der Waals surface area contributed by atoms with Crippen molar-refractivity contribution in [1.29, 1.82) is 0 Å². The highest BCUT2D eigenvalue weighted by molar-refractivity contribution is 7.89. The van der Waals surface area contributed by atoms with Crippen LogP contribution in [-0.2, 0) is 29.4 Å². The normalized spacial score (nSPS) is 13.3. The number of carbonyl (C=O) groups is 1. The Hall–Kier alpha value is -3.04. The van der Waals surface area contributed by atoms with Crippen molar-refractivity contribution in [3.8, 4) is 5.69 Å². The van der Waals surface area contributed by atoms with E-state index in [1.807, 2.05) is 0 Å². The Bertz CT molecular complexity index is 1250. The fraction of sp³-hybridized carbons (Fsp3) is 0.333. The molecule has 7 nitrogen and oxygen atoms in total. The summed E-state index contributed by atoms with van der Waals surface area (Å²) in [5.74, 6) is -0.606. The second kappa shape index (κ2) is 9.44. The van der Waals surface area contributed by atoms with Crippen molar-refractivity contribution in [3.05, 3.63) is 76.9 Å². The number of sulfonamides is 1. The second-order valence-corrected chi connectivity index (χ2v) is 9.87. The third-order valence-electron chi connectivity index (χ3n) is 5.94. The van der Waals surface area contributed by atoms with Gasteiger partial charge in [0, 0.05) is 30.9 Å². The van der Waals surface area contributed by atoms with Gasteiger partial charge in [0.2, 0.25) is 10.0 Å². The SMILES string of the molecule is CCN(CC)S(=O)(=O)c1ccc(CNC(=O)c2nn(-c3ccc(F)cc3)c3c2CCC3)cc1. The zero-order valence-corrected chi connectivity index (χ0v) is 19.5. The van der Waals surface area contributed by atoms with Gasteiger partial charge in [-0.2, -0.15) is 9.40 Å². The average Bonchev–Trinajstić information content (AvgIpc) is 3.42. The molecule has 0 aliphatic heterocycles. The Morgan fingerprint density at radius 1 is 1.06 bits per heavy atom. The standard InChI is InChI=1S/C24H27FN4O3S/c1-3-28(4-2)33(31,32)20-14-8-17(9-15-20)16-26-24(30)23-21-6-5-7-22(21)29(27-23)19-12-10-18(25)11-13-19/h8-15H,3-7,16H2,1-2H3,(H,26,30). The molecule has 0 fully saturated rings. The van der Waals surface area contributed by atoms with E-state index in [2.05, 4.69) is 10.4 Å². The van der Waals surface area contributed by atoms with Crippen LogP contribution in [0.3, 0.4) is 0 Å². The van der Waals surface area contributed by atoms with Crippen LogP contribution in [-0.4, -0.2) is 41.5 Å². The van der Waals surface area contributed by atoms with E-state index in [-0.39, 0.29) is 23.2 Å². The number of benzene rings is 2. The molecule has 1 aromatic heterocycles. The highest BCUT2D eigenvalue weighted by Gasteiger charge is 2.27. The van der Waals surface area contributed by atoms with Crippen molar-refractivity contribution in [1.82, 2.24) is 19.4 Å². The number of halogens is 1. The van der Waals surface area contributed by atoms with Gasteiger partial charge in [0.1, 0.15) is 5.82 Å². The van der Waals surface area contributed by atoms with Crippen LogP contribution in [0.1, 0.15) is 47.6 Å². The maximum absolute atomic E-state index is 13.3. The number of amides is 1. The van der Waals surface area contributed by atoms with Crippen LogP contribution in [0, 0.1) is 5.82 Å². The van der Waals surface area contributed by atoms with Crippen LogP contribution in [0.4, 0.5) is 4.39 Å². The lowest BCUT2D eigenvalue weighted by Gasteiger charge is -2.18. The number of nitrogens with zero attached hydrogens (tertiary/aromatic N) is 3. The molecular formula is C24H27FN4O3S. The second-order valence-electron chi connectivity index (χ2n) is 7.93. The topological polar surface area (TPSA) is 84.3 Å². The quantitative estimate of drug-likeness (QED) is 0.547. The van der Waals surface area contributed by atoms with Crippen molar-refractivity contribution in [2.24, 2.45) is 0 Å².